The third-order valence-corrected chi connectivity index (χ3v) is 7.63. The van der Waals surface area contributed by atoms with Crippen LogP contribution in [0.15, 0.2) is 12.1 Å². The molecule has 1 aromatic rings. The highest BCUT2D eigenvalue weighted by Gasteiger charge is 2.52. The van der Waals surface area contributed by atoms with Gasteiger partial charge in [-0.25, -0.2) is 0 Å². The first-order valence-corrected chi connectivity index (χ1v) is 11.4. The van der Waals surface area contributed by atoms with Crippen LogP contribution in [-0.4, -0.2) is 25.2 Å². The highest BCUT2D eigenvalue weighted by atomic mass is 35.5. The summed E-state index contributed by atoms with van der Waals surface area (Å²) in [6.07, 6.45) is 8.55. The molecule has 1 atom stereocenters. The van der Waals surface area contributed by atoms with Gasteiger partial charge in [-0.3, -0.25) is 4.79 Å². The van der Waals surface area contributed by atoms with Crippen LogP contribution in [0.5, 0.6) is 11.5 Å². The van der Waals surface area contributed by atoms with Gasteiger partial charge in [-0.2, -0.15) is 0 Å². The topological polar surface area (TPSA) is 73.6 Å². The molecule has 5 nitrogen and oxygen atoms in total. The van der Waals surface area contributed by atoms with Gasteiger partial charge in [-0.15, -0.1) is 0 Å². The van der Waals surface area contributed by atoms with E-state index < -0.39 is 5.91 Å². The number of hydrogen-bond acceptors (Lipinski definition) is 4. The molecule has 160 valence electrons. The van der Waals surface area contributed by atoms with Gasteiger partial charge in [-0.05, 0) is 93.2 Å². The maximum atomic E-state index is 11.1. The second-order valence-electron chi connectivity index (χ2n) is 9.48. The number of rotatable bonds is 9. The number of nitrogens with two attached hydrogens (primary N) is 1. The van der Waals surface area contributed by atoms with E-state index in [4.69, 9.17) is 26.8 Å². The number of halogens is 1. The van der Waals surface area contributed by atoms with E-state index >= 15 is 0 Å². The van der Waals surface area contributed by atoms with Gasteiger partial charge >= 0.3 is 0 Å². The molecule has 1 amide bonds. The molecule has 0 heterocycles. The van der Waals surface area contributed by atoms with Crippen molar-refractivity contribution in [1.29, 1.82) is 0 Å². The predicted molar refractivity (Wildman–Crippen MR) is 114 cm³/mol. The van der Waals surface area contributed by atoms with E-state index in [1.165, 1.54) is 38.5 Å². The van der Waals surface area contributed by atoms with Crippen LogP contribution in [0.3, 0.4) is 0 Å². The van der Waals surface area contributed by atoms with Crippen molar-refractivity contribution < 1.29 is 14.3 Å². The summed E-state index contributed by atoms with van der Waals surface area (Å²) in [5.74, 6) is 3.24. The van der Waals surface area contributed by atoms with Crippen LogP contribution in [-0.2, 0) is 11.3 Å². The van der Waals surface area contributed by atoms with Gasteiger partial charge in [-0.1, -0.05) is 11.6 Å². The lowest BCUT2D eigenvalue weighted by Gasteiger charge is -2.59. The third-order valence-electron chi connectivity index (χ3n) is 7.34. The second-order valence-corrected chi connectivity index (χ2v) is 9.88. The average Bonchev–Trinajstić information content (AvgIpc) is 2.64. The molecule has 3 N–H and O–H groups in total. The molecule has 0 radical (unpaired) electrons. The van der Waals surface area contributed by atoms with Crippen molar-refractivity contribution in [3.05, 3.63) is 22.7 Å². The van der Waals surface area contributed by atoms with Crippen LogP contribution >= 0.6 is 11.6 Å². The highest BCUT2D eigenvalue weighted by molar-refractivity contribution is 6.32. The second kappa shape index (κ2) is 8.35. The maximum Gasteiger partial charge on any atom is 0.255 e. The average molecular weight is 421 g/mol. The monoisotopic (exact) mass is 420 g/mol. The Balaban J connectivity index is 1.44. The number of ether oxygens (including phenoxy) is 2. The van der Waals surface area contributed by atoms with E-state index in [1.807, 2.05) is 19.1 Å². The summed E-state index contributed by atoms with van der Waals surface area (Å²) in [6.45, 7) is 5.28. The fourth-order valence-electron chi connectivity index (χ4n) is 6.47. The summed E-state index contributed by atoms with van der Waals surface area (Å²) in [6, 6.07) is 4.32. The van der Waals surface area contributed by atoms with Crippen LogP contribution in [0.2, 0.25) is 5.02 Å². The molecule has 4 aliphatic carbocycles. The number of nitrogens with one attached hydrogen (secondary N) is 1. The predicted octanol–water partition coefficient (Wildman–Crippen LogP) is 4.30. The largest absolute Gasteiger partial charge is 0.490 e. The van der Waals surface area contributed by atoms with Crippen LogP contribution in [0.25, 0.3) is 0 Å². The van der Waals surface area contributed by atoms with Crippen molar-refractivity contribution in [3.8, 4) is 11.5 Å². The number of primary amides is 1. The van der Waals surface area contributed by atoms with Gasteiger partial charge in [0.1, 0.15) is 0 Å². The highest BCUT2D eigenvalue weighted by Crippen LogP contribution is 2.61. The molecule has 0 aliphatic heterocycles. The molecule has 4 saturated carbocycles. The molecule has 0 saturated heterocycles. The van der Waals surface area contributed by atoms with E-state index in [-0.39, 0.29) is 6.61 Å². The third kappa shape index (κ3) is 4.36. The van der Waals surface area contributed by atoms with Gasteiger partial charge in [0.2, 0.25) is 0 Å². The first-order valence-electron chi connectivity index (χ1n) is 11.0. The molecule has 6 heteroatoms. The molecule has 4 bridgehead atoms. The maximum absolute atomic E-state index is 11.1. The Morgan fingerprint density at radius 3 is 2.38 bits per heavy atom. The Bertz CT molecular complexity index is 731. The van der Waals surface area contributed by atoms with E-state index in [2.05, 4.69) is 12.2 Å². The number of hydrogen-bond donors (Lipinski definition) is 2. The molecular weight excluding hydrogens is 388 g/mol. The zero-order chi connectivity index (χ0) is 20.6. The molecular formula is C23H33ClN2O3. The minimum absolute atomic E-state index is 0.222. The number of amides is 1. The number of benzene rings is 1. The van der Waals surface area contributed by atoms with Gasteiger partial charge < -0.3 is 20.5 Å². The normalized spacial score (nSPS) is 30.9. The van der Waals surface area contributed by atoms with Crippen LogP contribution in [0, 0.1) is 23.2 Å². The van der Waals surface area contributed by atoms with Crippen molar-refractivity contribution in [2.75, 3.05) is 13.2 Å². The van der Waals surface area contributed by atoms with E-state index in [0.717, 1.165) is 29.9 Å². The molecule has 0 unspecified atom stereocenters. The van der Waals surface area contributed by atoms with Crippen molar-refractivity contribution in [2.24, 2.45) is 28.9 Å². The standard InChI is InChI=1S/C23H33ClN2O3/c1-3-28-20-8-18(7-19(24)22(20)29-13-21(25)27)12-26-14(2)23-9-15-4-16(10-23)6-17(5-15)11-23/h7-8,14-17,26H,3-6,9-13H2,1-2H3,(H2,25,27)/t14-,15?,16?,17?,23?/m1/s1. The van der Waals surface area contributed by atoms with E-state index in [1.54, 1.807) is 0 Å². The molecule has 5 rings (SSSR count). The van der Waals surface area contributed by atoms with Crippen molar-refractivity contribution in [2.45, 2.75) is 65.0 Å². The number of carbonyl (C=O) groups is 1. The summed E-state index contributed by atoms with van der Waals surface area (Å²) >= 11 is 6.44. The van der Waals surface area contributed by atoms with Crippen LogP contribution < -0.4 is 20.5 Å². The Hall–Kier alpha value is -1.46. The summed E-state index contributed by atoms with van der Waals surface area (Å²) in [5.41, 5.74) is 6.71. The summed E-state index contributed by atoms with van der Waals surface area (Å²) in [4.78, 5) is 11.1. The van der Waals surface area contributed by atoms with Gasteiger partial charge in [0.25, 0.3) is 5.91 Å². The molecule has 0 aromatic heterocycles. The molecule has 29 heavy (non-hydrogen) atoms. The zero-order valence-electron chi connectivity index (χ0n) is 17.5. The molecule has 1 aromatic carbocycles. The first kappa shape index (κ1) is 20.8. The summed E-state index contributed by atoms with van der Waals surface area (Å²) < 4.78 is 11.2. The van der Waals surface area contributed by atoms with Gasteiger partial charge in [0.05, 0.1) is 11.6 Å². The number of carbonyl (C=O) groups excluding carboxylic acids is 1. The lowest BCUT2D eigenvalue weighted by molar-refractivity contribution is -0.119. The Kier molecular flexibility index (Phi) is 5.99. The van der Waals surface area contributed by atoms with E-state index in [0.29, 0.717) is 34.6 Å². The quantitative estimate of drug-likeness (QED) is 0.624. The lowest BCUT2D eigenvalue weighted by Crippen LogP contribution is -2.54. The van der Waals surface area contributed by atoms with Crippen LogP contribution in [0.1, 0.15) is 57.9 Å². The van der Waals surface area contributed by atoms with Crippen molar-refractivity contribution in [1.82, 2.24) is 5.32 Å². The molecule has 4 fully saturated rings. The fourth-order valence-corrected chi connectivity index (χ4v) is 6.75. The van der Waals surface area contributed by atoms with Crippen molar-refractivity contribution >= 4 is 17.5 Å². The molecule has 4 aliphatic rings. The Labute approximate surface area is 178 Å². The van der Waals surface area contributed by atoms with Gasteiger partial charge in [0, 0.05) is 12.6 Å². The Morgan fingerprint density at radius 1 is 1.21 bits per heavy atom. The minimum atomic E-state index is -0.543. The Morgan fingerprint density at radius 2 is 1.83 bits per heavy atom. The lowest BCUT2D eigenvalue weighted by atomic mass is 9.48. The SMILES string of the molecule is CCOc1cc(CN[C@H](C)C23CC4CC(CC(C4)C2)C3)cc(Cl)c1OCC(N)=O. The van der Waals surface area contributed by atoms with Crippen molar-refractivity contribution in [3.63, 3.8) is 0 Å². The van der Waals surface area contributed by atoms with Gasteiger partial charge in [0.15, 0.2) is 18.1 Å². The summed E-state index contributed by atoms with van der Waals surface area (Å²) in [5, 5.41) is 4.23. The zero-order valence-corrected chi connectivity index (χ0v) is 18.3. The first-order chi connectivity index (χ1) is 13.9. The fraction of sp³-hybridized carbons (Fsp3) is 0.696. The minimum Gasteiger partial charge on any atom is -0.490 e. The molecule has 0 spiro atoms. The van der Waals surface area contributed by atoms with E-state index in [9.17, 15) is 4.79 Å². The smallest absolute Gasteiger partial charge is 0.255 e. The summed E-state index contributed by atoms with van der Waals surface area (Å²) in [7, 11) is 0. The van der Waals surface area contributed by atoms with Crippen LogP contribution in [0.4, 0.5) is 0 Å².